The predicted molar refractivity (Wildman–Crippen MR) is 291 cm³/mol. The molecule has 2 aliphatic rings. The molecule has 0 fully saturated rings. The summed E-state index contributed by atoms with van der Waals surface area (Å²) in [5, 5.41) is 1.32. The van der Waals surface area contributed by atoms with E-state index in [1.54, 1.807) is 11.8 Å². The molecule has 0 bridgehead atoms. The molecule has 2 nitrogen and oxygen atoms in total. The molecule has 10 aromatic carbocycles. The topological polar surface area (TPSA) is 8.17 Å². The zero-order valence-electron chi connectivity index (χ0n) is 42.0. The summed E-state index contributed by atoms with van der Waals surface area (Å²) < 4.78 is 39.2. The van der Waals surface area contributed by atoms with E-state index in [2.05, 4.69) is 236 Å². The van der Waals surface area contributed by atoms with Crippen molar-refractivity contribution in [3.63, 3.8) is 0 Å². The van der Waals surface area contributed by atoms with Crippen LogP contribution in [0.25, 0.3) is 72.0 Å². The molecule has 0 unspecified atom stereocenters. The van der Waals surface area contributed by atoms with Gasteiger partial charge in [0.1, 0.15) is 0 Å². The molecule has 2 aliphatic heterocycles. The molecule has 0 aliphatic carbocycles. The molecular weight excluding hydrogens is 840 g/mol. The SMILES string of the molecule is [2H]c1c([2H])c([2H])c2c(c1[2H])c1cc(C(C)(C)C)ccc1n2-c1cc2c3c(c1)N(c1c(-c4ccccc4)cccc1-c1ccccc1)c1cc(-c4ccccc4)ccc1B3c1ccc(-c3ccccc3)cc1S2. The van der Waals surface area contributed by atoms with Gasteiger partial charge in [0.05, 0.1) is 22.2 Å². The van der Waals surface area contributed by atoms with Gasteiger partial charge in [-0.15, -0.1) is 0 Å². The maximum atomic E-state index is 9.65. The van der Waals surface area contributed by atoms with Gasteiger partial charge in [-0.25, -0.2) is 0 Å². The average Bonchev–Trinajstić information content (AvgIpc) is 3.77. The van der Waals surface area contributed by atoms with Gasteiger partial charge in [-0.05, 0) is 97.7 Å². The third-order valence-corrected chi connectivity index (χ3v) is 15.1. The smallest absolute Gasteiger partial charge is 0.249 e. The van der Waals surface area contributed by atoms with E-state index in [9.17, 15) is 2.74 Å². The second kappa shape index (κ2) is 15.9. The van der Waals surface area contributed by atoms with Gasteiger partial charge in [-0.2, -0.15) is 0 Å². The molecule has 0 N–H and O–H groups in total. The molecule has 0 amide bonds. The van der Waals surface area contributed by atoms with Crippen LogP contribution in [0.2, 0.25) is 0 Å². The van der Waals surface area contributed by atoms with Crippen molar-refractivity contribution < 1.29 is 5.48 Å². The van der Waals surface area contributed by atoms with Crippen LogP contribution in [-0.4, -0.2) is 11.3 Å². The molecule has 0 atom stereocenters. The number of aromatic nitrogens is 1. The molecule has 0 radical (unpaired) electrons. The maximum absolute atomic E-state index is 9.65. The lowest BCUT2D eigenvalue weighted by atomic mass is 9.34. The highest BCUT2D eigenvalue weighted by molar-refractivity contribution is 8.00. The van der Waals surface area contributed by atoms with Crippen LogP contribution in [0.5, 0.6) is 0 Å². The van der Waals surface area contributed by atoms with Gasteiger partial charge >= 0.3 is 0 Å². The second-order valence-electron chi connectivity index (χ2n) is 19.0. The Morgan fingerprint density at radius 3 is 1.68 bits per heavy atom. The zero-order valence-corrected chi connectivity index (χ0v) is 38.8. The van der Waals surface area contributed by atoms with Crippen LogP contribution >= 0.6 is 11.8 Å². The van der Waals surface area contributed by atoms with Crippen molar-refractivity contribution in [2.45, 2.75) is 36.0 Å². The first-order valence-electron chi connectivity index (χ1n) is 25.4. The van der Waals surface area contributed by atoms with Gasteiger partial charge in [-0.3, -0.25) is 0 Å². The first kappa shape index (κ1) is 36.3. The lowest BCUT2D eigenvalue weighted by Crippen LogP contribution is -2.60. The third-order valence-electron chi connectivity index (χ3n) is 13.9. The summed E-state index contributed by atoms with van der Waals surface area (Å²) in [5.41, 5.74) is 18.7. The molecule has 0 saturated heterocycles. The van der Waals surface area contributed by atoms with Crippen LogP contribution < -0.4 is 21.3 Å². The molecule has 322 valence electrons. The number of para-hydroxylation sites is 2. The van der Waals surface area contributed by atoms with Crippen molar-refractivity contribution >= 4 is 73.7 Å². The van der Waals surface area contributed by atoms with Crippen LogP contribution in [-0.2, 0) is 5.41 Å². The van der Waals surface area contributed by atoms with Crippen LogP contribution in [0.4, 0.5) is 17.1 Å². The Balaban J connectivity index is 1.19. The number of hydrogen-bond donors (Lipinski definition) is 0. The largest absolute Gasteiger partial charge is 0.310 e. The van der Waals surface area contributed by atoms with Crippen LogP contribution in [0.3, 0.4) is 0 Å². The van der Waals surface area contributed by atoms with Crippen molar-refractivity contribution in [2.24, 2.45) is 0 Å². The van der Waals surface area contributed by atoms with Crippen molar-refractivity contribution in [1.29, 1.82) is 0 Å². The molecule has 1 aromatic heterocycles. The van der Waals surface area contributed by atoms with Gasteiger partial charge in [-0.1, -0.05) is 226 Å². The average molecular weight is 891 g/mol. The van der Waals surface area contributed by atoms with Gasteiger partial charge < -0.3 is 9.47 Å². The van der Waals surface area contributed by atoms with E-state index < -0.39 is 0 Å². The number of rotatable bonds is 6. The number of fused-ring (bicyclic) bond motifs is 7. The number of hydrogen-bond acceptors (Lipinski definition) is 2. The van der Waals surface area contributed by atoms with E-state index in [-0.39, 0.29) is 36.3 Å². The van der Waals surface area contributed by atoms with Gasteiger partial charge in [0, 0.05) is 48.8 Å². The molecule has 11 aromatic rings. The normalized spacial score (nSPS) is 13.6. The summed E-state index contributed by atoms with van der Waals surface area (Å²) >= 11 is 1.78. The number of nitrogens with zero attached hydrogens (tertiary/aromatic N) is 2. The summed E-state index contributed by atoms with van der Waals surface area (Å²) in [6, 6.07) is 73.5. The Morgan fingerprint density at radius 1 is 0.456 bits per heavy atom. The summed E-state index contributed by atoms with van der Waals surface area (Å²) in [7, 11) is 0. The lowest BCUT2D eigenvalue weighted by Gasteiger charge is -2.42. The Bertz CT molecular complexity index is 3930. The minimum absolute atomic E-state index is 0.0368. The second-order valence-corrected chi connectivity index (χ2v) is 20.1. The van der Waals surface area contributed by atoms with E-state index in [4.69, 9.17) is 2.74 Å². The van der Waals surface area contributed by atoms with Crippen molar-refractivity contribution in [1.82, 2.24) is 4.57 Å². The van der Waals surface area contributed by atoms with E-state index >= 15 is 0 Å². The van der Waals surface area contributed by atoms with Crippen LogP contribution in [0.15, 0.2) is 240 Å². The third kappa shape index (κ3) is 6.58. The predicted octanol–water partition coefficient (Wildman–Crippen LogP) is 15.5. The molecular formula is C64H47BN2S. The molecule has 68 heavy (non-hydrogen) atoms. The van der Waals surface area contributed by atoms with E-state index in [0.29, 0.717) is 10.9 Å². The quantitative estimate of drug-likeness (QED) is 0.154. The molecule has 0 saturated carbocycles. The summed E-state index contributed by atoms with van der Waals surface area (Å²) in [4.78, 5) is 4.78. The summed E-state index contributed by atoms with van der Waals surface area (Å²) in [5.74, 6) is 0. The molecule has 13 rings (SSSR count). The minimum atomic E-state index is -0.253. The first-order chi connectivity index (χ1) is 35.0. The van der Waals surface area contributed by atoms with E-state index in [0.717, 1.165) is 88.6 Å². The Kier molecular flexibility index (Phi) is 8.52. The summed E-state index contributed by atoms with van der Waals surface area (Å²) in [6.45, 7) is 6.41. The fourth-order valence-corrected chi connectivity index (χ4v) is 11.9. The zero-order chi connectivity index (χ0) is 49.0. The van der Waals surface area contributed by atoms with Crippen molar-refractivity contribution in [3.8, 4) is 50.2 Å². The minimum Gasteiger partial charge on any atom is -0.310 e. The highest BCUT2D eigenvalue weighted by Crippen LogP contribution is 2.51. The number of benzene rings is 10. The van der Waals surface area contributed by atoms with Gasteiger partial charge in [0.25, 0.3) is 0 Å². The van der Waals surface area contributed by atoms with Gasteiger partial charge in [0.15, 0.2) is 0 Å². The maximum Gasteiger partial charge on any atom is 0.249 e. The highest BCUT2D eigenvalue weighted by Gasteiger charge is 2.43. The molecule has 3 heterocycles. The standard InChI is InChI=1S/C64H47BN2S/c1-64(2,3)48-33-36-57-53(39-48)52-27-16-17-30-56(52)66(57)49-40-59-62-61(41-49)68-60-38-47(43-21-10-5-11-22-43)32-35-55(60)65(62)54-34-31-46(42-19-8-4-9-20-42)37-58(54)67(59)63-50(44-23-12-6-13-24-44)28-18-29-51(63)45-25-14-7-15-26-45/h4-41H,1-3H3/i16D,17D,27D,30D. The first-order valence-corrected chi connectivity index (χ1v) is 24.2. The fourth-order valence-electron chi connectivity index (χ4n) is 10.7. The lowest BCUT2D eigenvalue weighted by molar-refractivity contribution is 0.591. The van der Waals surface area contributed by atoms with E-state index in [1.807, 2.05) is 0 Å². The monoisotopic (exact) mass is 890 g/mol. The van der Waals surface area contributed by atoms with Crippen LogP contribution in [0, 0.1) is 0 Å². The van der Waals surface area contributed by atoms with Gasteiger partial charge in [0.2, 0.25) is 6.71 Å². The highest BCUT2D eigenvalue weighted by atomic mass is 32.2. The van der Waals surface area contributed by atoms with E-state index in [1.165, 1.54) is 21.3 Å². The fraction of sp³-hybridized carbons (Fsp3) is 0.0625. The summed E-state index contributed by atoms with van der Waals surface area (Å²) in [6.07, 6.45) is 0. The molecule has 0 spiro atoms. The Hall–Kier alpha value is -7.79. The van der Waals surface area contributed by atoms with Crippen molar-refractivity contribution in [3.05, 3.63) is 236 Å². The Labute approximate surface area is 408 Å². The van der Waals surface area contributed by atoms with Crippen molar-refractivity contribution in [2.75, 3.05) is 4.90 Å². The van der Waals surface area contributed by atoms with Crippen LogP contribution in [0.1, 0.15) is 31.8 Å². The molecule has 4 heteroatoms. The Morgan fingerprint density at radius 2 is 1.04 bits per heavy atom. The number of anilines is 3.